The molecule has 8 heteroatoms. The van der Waals surface area contributed by atoms with E-state index in [1.807, 2.05) is 0 Å². The Morgan fingerprint density at radius 3 is 2.72 bits per heavy atom. The maximum atomic E-state index is 12.1. The molecule has 98 valence electrons. The molecule has 0 aromatic heterocycles. The minimum Gasteiger partial charge on any atom is -0.284 e. The van der Waals surface area contributed by atoms with Crippen LogP contribution in [0.4, 0.5) is 5.69 Å². The second-order valence-corrected chi connectivity index (χ2v) is 5.66. The minimum atomic E-state index is -3.81. The molecule has 1 aliphatic heterocycles. The van der Waals surface area contributed by atoms with Crippen LogP contribution in [0, 0.1) is 10.1 Å². The lowest BCUT2D eigenvalue weighted by atomic mass is 10.3. The summed E-state index contributed by atoms with van der Waals surface area (Å²) in [5, 5.41) is 10.6. The third kappa shape index (κ3) is 2.50. The van der Waals surface area contributed by atoms with E-state index in [0.29, 0.717) is 13.0 Å². The summed E-state index contributed by atoms with van der Waals surface area (Å²) in [6.07, 6.45) is 1.52. The van der Waals surface area contributed by atoms with Gasteiger partial charge in [0.25, 0.3) is 15.7 Å². The van der Waals surface area contributed by atoms with Gasteiger partial charge >= 0.3 is 0 Å². The summed E-state index contributed by atoms with van der Waals surface area (Å²) in [7, 11) is -3.81. The molecule has 0 bridgehead atoms. The Hall–Kier alpha value is -1.51. The zero-order chi connectivity index (χ0) is 13.2. The van der Waals surface area contributed by atoms with E-state index in [0.717, 1.165) is 17.0 Å². The number of nitro benzene ring substituents is 1. The van der Waals surface area contributed by atoms with Crippen molar-refractivity contribution < 1.29 is 18.2 Å². The van der Waals surface area contributed by atoms with Crippen LogP contribution < -0.4 is 0 Å². The zero-order valence-electron chi connectivity index (χ0n) is 9.48. The highest BCUT2D eigenvalue weighted by Gasteiger charge is 2.28. The normalized spacial score (nSPS) is 17.6. The summed E-state index contributed by atoms with van der Waals surface area (Å²) in [5.74, 6) is 0. The zero-order valence-corrected chi connectivity index (χ0v) is 10.3. The first-order valence-electron chi connectivity index (χ1n) is 5.42. The van der Waals surface area contributed by atoms with Crippen LogP contribution in [-0.2, 0) is 14.9 Å². The molecule has 0 spiro atoms. The van der Waals surface area contributed by atoms with Crippen molar-refractivity contribution in [3.05, 3.63) is 34.4 Å². The molecule has 0 amide bonds. The number of rotatable bonds is 3. The van der Waals surface area contributed by atoms with Crippen LogP contribution in [0.25, 0.3) is 0 Å². The van der Waals surface area contributed by atoms with E-state index in [4.69, 9.17) is 4.84 Å². The van der Waals surface area contributed by atoms with Gasteiger partial charge in [-0.15, -0.1) is 0 Å². The van der Waals surface area contributed by atoms with Gasteiger partial charge in [0, 0.05) is 18.7 Å². The van der Waals surface area contributed by atoms with Crippen molar-refractivity contribution in [3.8, 4) is 0 Å². The van der Waals surface area contributed by atoms with Crippen LogP contribution in [-0.4, -0.2) is 31.0 Å². The number of sulfonamides is 1. The first-order valence-corrected chi connectivity index (χ1v) is 6.86. The minimum absolute atomic E-state index is 0.126. The highest BCUT2D eigenvalue weighted by Crippen LogP contribution is 2.23. The molecule has 1 heterocycles. The second-order valence-electron chi connectivity index (χ2n) is 3.83. The summed E-state index contributed by atoms with van der Waals surface area (Å²) >= 11 is 0. The summed E-state index contributed by atoms with van der Waals surface area (Å²) in [5.41, 5.74) is -0.256. The SMILES string of the molecule is O=[N+]([O-])c1cccc(S(=O)(=O)N2CCCCO2)c1. The van der Waals surface area contributed by atoms with Crippen molar-refractivity contribution in [2.24, 2.45) is 0 Å². The molecule has 0 radical (unpaired) electrons. The number of hydrogen-bond donors (Lipinski definition) is 0. The van der Waals surface area contributed by atoms with Gasteiger partial charge in [0.1, 0.15) is 0 Å². The third-order valence-electron chi connectivity index (χ3n) is 2.56. The molecule has 0 saturated carbocycles. The van der Waals surface area contributed by atoms with Crippen LogP contribution >= 0.6 is 0 Å². The van der Waals surface area contributed by atoms with Crippen molar-refractivity contribution in [1.29, 1.82) is 0 Å². The van der Waals surface area contributed by atoms with Gasteiger partial charge in [0.2, 0.25) is 0 Å². The van der Waals surface area contributed by atoms with Crippen LogP contribution in [0.1, 0.15) is 12.8 Å². The summed E-state index contributed by atoms with van der Waals surface area (Å²) in [6.45, 7) is 0.610. The van der Waals surface area contributed by atoms with E-state index in [1.165, 1.54) is 18.2 Å². The molecule has 7 nitrogen and oxygen atoms in total. The predicted octanol–water partition coefficient (Wildman–Crippen LogP) is 1.31. The molecule has 0 aliphatic carbocycles. The highest BCUT2D eigenvalue weighted by atomic mass is 32.2. The fourth-order valence-electron chi connectivity index (χ4n) is 1.64. The average molecular weight is 272 g/mol. The predicted molar refractivity (Wildman–Crippen MR) is 62.2 cm³/mol. The molecule has 18 heavy (non-hydrogen) atoms. The first-order chi connectivity index (χ1) is 8.51. The number of non-ortho nitro benzene ring substituents is 1. The first kappa shape index (κ1) is 12.9. The Bertz CT molecular complexity index is 551. The fraction of sp³-hybridized carbons (Fsp3) is 0.400. The van der Waals surface area contributed by atoms with Crippen LogP contribution in [0.5, 0.6) is 0 Å². The molecule has 1 aliphatic rings. The molecule has 1 fully saturated rings. The standard InChI is InChI=1S/C10H12N2O5S/c13-12(14)9-4-3-5-10(8-9)18(15,16)11-6-1-2-7-17-11/h3-5,8H,1-2,6-7H2. The Morgan fingerprint density at radius 2 is 2.11 bits per heavy atom. The van der Waals surface area contributed by atoms with Crippen molar-refractivity contribution in [3.63, 3.8) is 0 Å². The largest absolute Gasteiger partial charge is 0.284 e. The van der Waals surface area contributed by atoms with E-state index < -0.39 is 14.9 Å². The van der Waals surface area contributed by atoms with Crippen LogP contribution in [0.15, 0.2) is 29.2 Å². The molecule has 1 saturated heterocycles. The quantitative estimate of drug-likeness (QED) is 0.611. The lowest BCUT2D eigenvalue weighted by Gasteiger charge is -2.25. The number of hydrogen-bond acceptors (Lipinski definition) is 5. The number of hydroxylamine groups is 1. The Morgan fingerprint density at radius 1 is 1.33 bits per heavy atom. The smallest absolute Gasteiger partial charge is 0.270 e. The Balaban J connectivity index is 2.34. The molecular weight excluding hydrogens is 260 g/mol. The number of benzene rings is 1. The van der Waals surface area contributed by atoms with Gasteiger partial charge < -0.3 is 0 Å². The molecular formula is C10H12N2O5S. The van der Waals surface area contributed by atoms with E-state index in [2.05, 4.69) is 0 Å². The molecule has 2 rings (SSSR count). The monoisotopic (exact) mass is 272 g/mol. The number of nitro groups is 1. The fourth-order valence-corrected chi connectivity index (χ4v) is 2.98. The summed E-state index contributed by atoms with van der Waals surface area (Å²) < 4.78 is 25.2. The van der Waals surface area contributed by atoms with E-state index in [-0.39, 0.29) is 17.1 Å². The maximum Gasteiger partial charge on any atom is 0.270 e. The van der Waals surface area contributed by atoms with Crippen LogP contribution in [0.3, 0.4) is 0 Å². The van der Waals surface area contributed by atoms with Crippen molar-refractivity contribution in [2.45, 2.75) is 17.7 Å². The molecule has 0 atom stereocenters. The summed E-state index contributed by atoms with van der Waals surface area (Å²) in [4.78, 5) is 14.9. The van der Waals surface area contributed by atoms with E-state index in [1.54, 1.807) is 0 Å². The lowest BCUT2D eigenvalue weighted by Crippen LogP contribution is -2.35. The molecule has 1 aromatic rings. The van der Waals surface area contributed by atoms with Crippen molar-refractivity contribution in [2.75, 3.05) is 13.2 Å². The number of nitrogens with zero attached hydrogens (tertiary/aromatic N) is 2. The topological polar surface area (TPSA) is 89.8 Å². The van der Waals surface area contributed by atoms with Gasteiger partial charge in [-0.2, -0.15) is 0 Å². The van der Waals surface area contributed by atoms with Gasteiger partial charge in [-0.3, -0.25) is 15.0 Å². The van der Waals surface area contributed by atoms with E-state index in [9.17, 15) is 18.5 Å². The molecule has 1 aromatic carbocycles. The van der Waals surface area contributed by atoms with Gasteiger partial charge in [0.15, 0.2) is 0 Å². The second kappa shape index (κ2) is 5.01. The Kier molecular flexibility index (Phi) is 3.60. The lowest BCUT2D eigenvalue weighted by molar-refractivity contribution is -0.385. The Labute approximate surface area is 104 Å². The van der Waals surface area contributed by atoms with Crippen molar-refractivity contribution in [1.82, 2.24) is 4.47 Å². The summed E-state index contributed by atoms with van der Waals surface area (Å²) in [6, 6.07) is 4.94. The van der Waals surface area contributed by atoms with Gasteiger partial charge in [0.05, 0.1) is 16.4 Å². The molecule has 0 unspecified atom stereocenters. The van der Waals surface area contributed by atoms with Crippen LogP contribution in [0.2, 0.25) is 0 Å². The van der Waals surface area contributed by atoms with Crippen molar-refractivity contribution >= 4 is 15.7 Å². The van der Waals surface area contributed by atoms with Gasteiger partial charge in [-0.05, 0) is 18.9 Å². The third-order valence-corrected chi connectivity index (χ3v) is 4.24. The maximum absolute atomic E-state index is 12.1. The van der Waals surface area contributed by atoms with Gasteiger partial charge in [-0.25, -0.2) is 8.42 Å². The highest BCUT2D eigenvalue weighted by molar-refractivity contribution is 7.89. The van der Waals surface area contributed by atoms with E-state index >= 15 is 0 Å². The van der Waals surface area contributed by atoms with Gasteiger partial charge in [-0.1, -0.05) is 10.5 Å². The molecule has 0 N–H and O–H groups in total. The average Bonchev–Trinajstić information content (AvgIpc) is 2.40.